The van der Waals surface area contributed by atoms with Crippen molar-refractivity contribution in [2.45, 2.75) is 315 Å². The van der Waals surface area contributed by atoms with E-state index in [4.69, 9.17) is 18.5 Å². The molecule has 0 heterocycles. The Kier molecular flexibility index (Phi) is 63.5. The van der Waals surface area contributed by atoms with Gasteiger partial charge in [-0.3, -0.25) is 18.6 Å². The number of allylic oxidation sites excluding steroid dienone is 18. The Morgan fingerprint density at radius 1 is 0.372 bits per heavy atom. The number of likely N-dealkylation sites (N-methyl/N-ethyl adjacent to an activating group) is 1. The van der Waals surface area contributed by atoms with E-state index in [1.54, 1.807) is 0 Å². The molecule has 86 heavy (non-hydrogen) atoms. The Morgan fingerprint density at radius 3 is 0.988 bits per heavy atom. The van der Waals surface area contributed by atoms with Crippen molar-refractivity contribution >= 4 is 19.8 Å². The predicted octanol–water partition coefficient (Wildman–Crippen LogP) is 23.3. The number of hydrogen-bond acceptors (Lipinski definition) is 7. The molecule has 0 aromatic heterocycles. The molecule has 2 unspecified atom stereocenters. The number of carbonyl (C=O) groups excluding carboxylic acids is 2. The maximum absolute atomic E-state index is 12.9. The standard InChI is InChI=1S/C76H134NO8P/c1-6-8-10-12-14-16-18-20-22-24-26-28-29-30-31-32-33-34-35-36-37-38-39-40-41-42-43-44-45-46-47-49-51-53-55-57-59-61-63-65-67-69-76(79)85-74(73-84-86(80,81)83-71-70-77(3,4)5)72-82-75(78)68-66-64-62-60-58-56-54-52-50-48-27-25-23-21-19-17-15-13-11-9-7-2/h8,10,14,16,20,22,26,28,30-31,33-34,36-37,39-40,42-43,74H,6-7,9,11-13,15,17-19,21,23-25,27,29,32,35,38,41,44-73H2,1-5H3/p+1/b10-8-,16-14-,22-20-,28-26-,31-30-,34-33-,37-36-,40-39-,43-42-. The molecular formula is C76H135NO8P+. The number of esters is 2. The Balaban J connectivity index is 4.02. The van der Waals surface area contributed by atoms with Gasteiger partial charge >= 0.3 is 19.8 Å². The van der Waals surface area contributed by atoms with Crippen molar-refractivity contribution in [3.05, 3.63) is 109 Å². The predicted molar refractivity (Wildman–Crippen MR) is 371 cm³/mol. The van der Waals surface area contributed by atoms with Crippen LogP contribution in [0, 0.1) is 0 Å². The summed E-state index contributed by atoms with van der Waals surface area (Å²) in [6.07, 6.45) is 93.4. The first kappa shape index (κ1) is 82.7. The maximum Gasteiger partial charge on any atom is 0.472 e. The van der Waals surface area contributed by atoms with E-state index < -0.39 is 26.5 Å². The van der Waals surface area contributed by atoms with E-state index in [0.717, 1.165) is 96.3 Å². The minimum absolute atomic E-state index is 0.0299. The van der Waals surface area contributed by atoms with E-state index in [1.165, 1.54) is 180 Å². The minimum Gasteiger partial charge on any atom is -0.462 e. The van der Waals surface area contributed by atoms with Crippen LogP contribution in [0.5, 0.6) is 0 Å². The molecule has 0 spiro atoms. The number of nitrogens with zero attached hydrogens (tertiary/aromatic N) is 1. The van der Waals surface area contributed by atoms with Gasteiger partial charge in [-0.15, -0.1) is 0 Å². The van der Waals surface area contributed by atoms with E-state index in [9.17, 15) is 19.0 Å². The second kappa shape index (κ2) is 66.1. The minimum atomic E-state index is -4.39. The van der Waals surface area contributed by atoms with Crippen LogP contribution in [0.1, 0.15) is 309 Å². The molecule has 0 aromatic rings. The topological polar surface area (TPSA) is 108 Å². The van der Waals surface area contributed by atoms with E-state index in [1.807, 2.05) is 21.1 Å². The smallest absolute Gasteiger partial charge is 0.462 e. The quantitative estimate of drug-likeness (QED) is 0.0211. The van der Waals surface area contributed by atoms with Crippen LogP contribution in [0.4, 0.5) is 0 Å². The first-order valence-corrected chi connectivity index (χ1v) is 37.1. The fourth-order valence-corrected chi connectivity index (χ4v) is 10.6. The average Bonchev–Trinajstić information content (AvgIpc) is 3.70. The normalized spacial score (nSPS) is 13.8. The van der Waals surface area contributed by atoms with E-state index >= 15 is 0 Å². The van der Waals surface area contributed by atoms with Gasteiger partial charge in [0.05, 0.1) is 27.7 Å². The van der Waals surface area contributed by atoms with Crippen molar-refractivity contribution in [3.63, 3.8) is 0 Å². The highest BCUT2D eigenvalue weighted by Crippen LogP contribution is 2.43. The van der Waals surface area contributed by atoms with Crippen molar-refractivity contribution in [1.29, 1.82) is 0 Å². The van der Waals surface area contributed by atoms with Crippen LogP contribution < -0.4 is 0 Å². The molecule has 0 radical (unpaired) electrons. The van der Waals surface area contributed by atoms with Gasteiger partial charge in [0.15, 0.2) is 6.10 Å². The molecule has 1 N–H and O–H groups in total. The second-order valence-electron chi connectivity index (χ2n) is 24.9. The Hall–Kier alpha value is -3.33. The summed E-state index contributed by atoms with van der Waals surface area (Å²) in [5.74, 6) is -0.789. The van der Waals surface area contributed by atoms with Crippen LogP contribution in [0.2, 0.25) is 0 Å². The van der Waals surface area contributed by atoms with Gasteiger partial charge in [0.2, 0.25) is 0 Å². The Bertz CT molecular complexity index is 1820. The van der Waals surface area contributed by atoms with Crippen LogP contribution in [0.25, 0.3) is 0 Å². The van der Waals surface area contributed by atoms with Gasteiger partial charge in [0.25, 0.3) is 0 Å². The number of hydrogen-bond donors (Lipinski definition) is 1. The number of quaternary nitrogens is 1. The fraction of sp³-hybridized carbons (Fsp3) is 0.737. The van der Waals surface area contributed by atoms with Crippen molar-refractivity contribution in [3.8, 4) is 0 Å². The van der Waals surface area contributed by atoms with Gasteiger partial charge in [0.1, 0.15) is 19.8 Å². The van der Waals surface area contributed by atoms with Crippen LogP contribution in [-0.2, 0) is 32.7 Å². The summed E-state index contributed by atoms with van der Waals surface area (Å²) in [5, 5.41) is 0. The molecule has 2 atom stereocenters. The van der Waals surface area contributed by atoms with Crippen LogP contribution in [-0.4, -0.2) is 74.9 Å². The number of carbonyl (C=O) groups is 2. The lowest BCUT2D eigenvalue weighted by atomic mass is 10.0. The maximum atomic E-state index is 12.9. The summed E-state index contributed by atoms with van der Waals surface area (Å²) in [4.78, 5) is 35.9. The van der Waals surface area contributed by atoms with Gasteiger partial charge in [-0.2, -0.15) is 0 Å². The Morgan fingerprint density at radius 2 is 0.663 bits per heavy atom. The molecule has 0 saturated heterocycles. The van der Waals surface area contributed by atoms with Crippen LogP contribution in [0.3, 0.4) is 0 Å². The summed E-state index contributed by atoms with van der Waals surface area (Å²) < 4.78 is 34.7. The summed E-state index contributed by atoms with van der Waals surface area (Å²) >= 11 is 0. The molecule has 0 amide bonds. The molecular weight excluding hydrogens is 1090 g/mol. The summed E-state index contributed by atoms with van der Waals surface area (Å²) in [7, 11) is 1.48. The van der Waals surface area contributed by atoms with Gasteiger partial charge in [-0.05, 0) is 83.5 Å². The third kappa shape index (κ3) is 69.8. The average molecular weight is 1220 g/mol. The molecule has 0 rings (SSSR count). The molecule has 0 aliphatic rings. The molecule has 0 aliphatic heterocycles. The number of ether oxygens (including phenoxy) is 2. The van der Waals surface area contributed by atoms with E-state index in [-0.39, 0.29) is 25.6 Å². The monoisotopic (exact) mass is 1220 g/mol. The van der Waals surface area contributed by atoms with Gasteiger partial charge < -0.3 is 18.9 Å². The zero-order chi connectivity index (χ0) is 62.6. The van der Waals surface area contributed by atoms with Crippen LogP contribution in [0.15, 0.2) is 109 Å². The van der Waals surface area contributed by atoms with Gasteiger partial charge in [-0.1, -0.05) is 322 Å². The SMILES string of the molecule is CC/C=C\C/C=C\C/C=C\C/C=C\C/C=C\C/C=C\C/C=C\C/C=C\C/C=C\CCCCCCCCCCCCCCCC(=O)OC(COC(=O)CCCCCCCCCCCCCCCCCCCCCCC)COP(=O)(O)OCC[N+](C)(C)C. The highest BCUT2D eigenvalue weighted by Gasteiger charge is 2.27. The van der Waals surface area contributed by atoms with Crippen molar-refractivity contribution < 1.29 is 42.1 Å². The molecule has 0 aliphatic carbocycles. The van der Waals surface area contributed by atoms with E-state index in [2.05, 4.69) is 123 Å². The third-order valence-corrected chi connectivity index (χ3v) is 16.3. The lowest BCUT2D eigenvalue weighted by molar-refractivity contribution is -0.870. The summed E-state index contributed by atoms with van der Waals surface area (Å²) in [6.45, 7) is 4.36. The molecule has 0 aromatic carbocycles. The Labute approximate surface area is 531 Å². The second-order valence-corrected chi connectivity index (χ2v) is 26.4. The lowest BCUT2D eigenvalue weighted by Crippen LogP contribution is -2.37. The molecule has 0 saturated carbocycles. The first-order valence-electron chi connectivity index (χ1n) is 35.6. The molecule has 496 valence electrons. The molecule has 0 bridgehead atoms. The molecule has 10 heteroatoms. The van der Waals surface area contributed by atoms with Gasteiger partial charge in [0, 0.05) is 12.8 Å². The molecule has 0 fully saturated rings. The number of phosphoric ester groups is 1. The highest BCUT2D eigenvalue weighted by molar-refractivity contribution is 7.47. The highest BCUT2D eigenvalue weighted by atomic mass is 31.2. The molecule has 9 nitrogen and oxygen atoms in total. The van der Waals surface area contributed by atoms with Crippen molar-refractivity contribution in [2.24, 2.45) is 0 Å². The van der Waals surface area contributed by atoms with Crippen molar-refractivity contribution in [1.82, 2.24) is 0 Å². The number of rotatable bonds is 65. The number of unbranched alkanes of at least 4 members (excludes halogenated alkanes) is 33. The third-order valence-electron chi connectivity index (χ3n) is 15.3. The van der Waals surface area contributed by atoms with Crippen LogP contribution >= 0.6 is 7.82 Å². The largest absolute Gasteiger partial charge is 0.472 e. The first-order chi connectivity index (χ1) is 42.0. The van der Waals surface area contributed by atoms with Gasteiger partial charge in [-0.25, -0.2) is 4.57 Å². The fourth-order valence-electron chi connectivity index (χ4n) is 9.89. The summed E-state index contributed by atoms with van der Waals surface area (Å²) in [5.41, 5.74) is 0. The van der Waals surface area contributed by atoms with E-state index in [0.29, 0.717) is 23.9 Å². The zero-order valence-corrected chi connectivity index (χ0v) is 57.4. The summed E-state index contributed by atoms with van der Waals surface area (Å²) in [6, 6.07) is 0. The van der Waals surface area contributed by atoms with Crippen molar-refractivity contribution in [2.75, 3.05) is 47.5 Å². The lowest BCUT2D eigenvalue weighted by Gasteiger charge is -2.24. The zero-order valence-electron chi connectivity index (χ0n) is 56.5. The number of phosphoric acid groups is 1.